The fourth-order valence-electron chi connectivity index (χ4n) is 1.87. The van der Waals surface area contributed by atoms with Crippen molar-refractivity contribution >= 4 is 5.96 Å². The van der Waals surface area contributed by atoms with E-state index in [0.717, 1.165) is 31.8 Å². The first-order valence-electron chi connectivity index (χ1n) is 5.00. The quantitative estimate of drug-likeness (QED) is 0.279. The number of hydrogen-bond donors (Lipinski definition) is 2. The Morgan fingerprint density at radius 2 is 2.31 bits per heavy atom. The summed E-state index contributed by atoms with van der Waals surface area (Å²) in [6, 6.07) is 0. The van der Waals surface area contributed by atoms with Crippen LogP contribution in [0.4, 0.5) is 0 Å². The Bertz CT molecular complexity index is 182. The van der Waals surface area contributed by atoms with Gasteiger partial charge in [-0.2, -0.15) is 0 Å². The molecule has 1 aliphatic heterocycles. The van der Waals surface area contributed by atoms with Gasteiger partial charge in [0.1, 0.15) is 0 Å². The third kappa shape index (κ3) is 2.79. The van der Waals surface area contributed by atoms with Gasteiger partial charge in [0.15, 0.2) is 0 Å². The number of rotatable bonds is 1. The summed E-state index contributed by atoms with van der Waals surface area (Å²) < 4.78 is 0. The average molecular weight is 185 g/mol. The van der Waals surface area contributed by atoms with Crippen LogP contribution in [0, 0.1) is 5.92 Å². The molecule has 0 aromatic rings. The van der Waals surface area contributed by atoms with Crippen LogP contribution in [-0.4, -0.2) is 29.2 Å². The first-order valence-corrected chi connectivity index (χ1v) is 5.00. The lowest BCUT2D eigenvalue weighted by Gasteiger charge is -2.19. The van der Waals surface area contributed by atoms with Crippen LogP contribution < -0.4 is 5.73 Å². The van der Waals surface area contributed by atoms with Crippen LogP contribution in [-0.2, 0) is 0 Å². The van der Waals surface area contributed by atoms with E-state index in [-0.39, 0.29) is 5.96 Å². The van der Waals surface area contributed by atoms with Gasteiger partial charge in [0.05, 0.1) is 0 Å². The zero-order chi connectivity index (χ0) is 9.68. The molecule has 0 spiro atoms. The summed E-state index contributed by atoms with van der Waals surface area (Å²) in [6.45, 7) is 4.07. The van der Waals surface area contributed by atoms with E-state index >= 15 is 0 Å². The molecule has 3 N–H and O–H groups in total. The van der Waals surface area contributed by atoms with Crippen molar-refractivity contribution < 1.29 is 5.21 Å². The van der Waals surface area contributed by atoms with E-state index in [0.29, 0.717) is 0 Å². The SMILES string of the molecule is CCC1CCCN(/C(N)=N/O)CC1. The van der Waals surface area contributed by atoms with Crippen molar-refractivity contribution in [2.75, 3.05) is 13.1 Å². The Morgan fingerprint density at radius 1 is 1.54 bits per heavy atom. The van der Waals surface area contributed by atoms with Crippen LogP contribution in [0.25, 0.3) is 0 Å². The molecule has 0 bridgehead atoms. The molecule has 4 nitrogen and oxygen atoms in total. The van der Waals surface area contributed by atoms with E-state index in [9.17, 15) is 0 Å². The topological polar surface area (TPSA) is 61.8 Å². The standard InChI is InChI=1S/C9H19N3O/c1-2-8-4-3-6-12(7-5-8)9(10)11-13/h8,13H,2-7H2,1H3,(H2,10,11). The molecule has 0 saturated carbocycles. The van der Waals surface area contributed by atoms with Crippen LogP contribution >= 0.6 is 0 Å². The molecule has 1 heterocycles. The second-order valence-electron chi connectivity index (χ2n) is 3.65. The molecule has 1 atom stereocenters. The molecule has 1 aliphatic rings. The normalized spacial score (nSPS) is 25.8. The second kappa shape index (κ2) is 4.94. The van der Waals surface area contributed by atoms with Crippen LogP contribution in [0.2, 0.25) is 0 Å². The smallest absolute Gasteiger partial charge is 0.233 e. The Balaban J connectivity index is 2.44. The Labute approximate surface area is 79.4 Å². The monoisotopic (exact) mass is 185 g/mol. The van der Waals surface area contributed by atoms with Gasteiger partial charge in [0.25, 0.3) is 0 Å². The number of nitrogens with two attached hydrogens (primary N) is 1. The van der Waals surface area contributed by atoms with Gasteiger partial charge in [-0.25, -0.2) is 0 Å². The van der Waals surface area contributed by atoms with Crippen molar-refractivity contribution in [2.24, 2.45) is 16.8 Å². The highest BCUT2D eigenvalue weighted by molar-refractivity contribution is 5.77. The van der Waals surface area contributed by atoms with Gasteiger partial charge in [-0.3, -0.25) is 0 Å². The van der Waals surface area contributed by atoms with Gasteiger partial charge in [0, 0.05) is 13.1 Å². The Morgan fingerprint density at radius 3 is 2.92 bits per heavy atom. The van der Waals surface area contributed by atoms with E-state index in [1.165, 1.54) is 12.8 Å². The molecule has 0 aromatic carbocycles. The van der Waals surface area contributed by atoms with Crippen LogP contribution in [0.1, 0.15) is 32.6 Å². The molecule has 1 unspecified atom stereocenters. The largest absolute Gasteiger partial charge is 0.408 e. The Kier molecular flexibility index (Phi) is 3.86. The van der Waals surface area contributed by atoms with Crippen LogP contribution in [0.3, 0.4) is 0 Å². The molecule has 0 radical (unpaired) electrons. The summed E-state index contributed by atoms with van der Waals surface area (Å²) >= 11 is 0. The minimum Gasteiger partial charge on any atom is -0.408 e. The van der Waals surface area contributed by atoms with Crippen molar-refractivity contribution in [3.8, 4) is 0 Å². The maximum atomic E-state index is 8.52. The van der Waals surface area contributed by atoms with E-state index in [2.05, 4.69) is 12.1 Å². The highest BCUT2D eigenvalue weighted by Gasteiger charge is 2.16. The highest BCUT2D eigenvalue weighted by atomic mass is 16.4. The van der Waals surface area contributed by atoms with Crippen molar-refractivity contribution in [1.29, 1.82) is 0 Å². The zero-order valence-corrected chi connectivity index (χ0v) is 8.24. The molecule has 1 saturated heterocycles. The van der Waals surface area contributed by atoms with Gasteiger partial charge in [-0.1, -0.05) is 18.5 Å². The molecule has 0 amide bonds. The lowest BCUT2D eigenvalue weighted by Crippen LogP contribution is -2.37. The summed E-state index contributed by atoms with van der Waals surface area (Å²) in [7, 11) is 0. The lowest BCUT2D eigenvalue weighted by molar-refractivity contribution is 0.298. The molecular formula is C9H19N3O. The van der Waals surface area contributed by atoms with Crippen molar-refractivity contribution in [3.05, 3.63) is 0 Å². The van der Waals surface area contributed by atoms with Crippen molar-refractivity contribution in [1.82, 2.24) is 4.90 Å². The number of hydrogen-bond acceptors (Lipinski definition) is 2. The van der Waals surface area contributed by atoms with Gasteiger partial charge in [0.2, 0.25) is 5.96 Å². The molecule has 1 rings (SSSR count). The maximum Gasteiger partial charge on any atom is 0.233 e. The van der Waals surface area contributed by atoms with Crippen LogP contribution in [0.15, 0.2) is 5.16 Å². The molecule has 76 valence electrons. The third-order valence-corrected chi connectivity index (χ3v) is 2.85. The number of guanidine groups is 1. The van der Waals surface area contributed by atoms with Gasteiger partial charge < -0.3 is 15.8 Å². The van der Waals surface area contributed by atoms with Crippen molar-refractivity contribution in [2.45, 2.75) is 32.6 Å². The minimum absolute atomic E-state index is 0.261. The van der Waals surface area contributed by atoms with E-state index in [1.54, 1.807) is 0 Å². The van der Waals surface area contributed by atoms with E-state index in [4.69, 9.17) is 10.9 Å². The first kappa shape index (κ1) is 10.2. The fraction of sp³-hybridized carbons (Fsp3) is 0.889. The number of nitrogens with zero attached hydrogens (tertiary/aromatic N) is 2. The summed E-state index contributed by atoms with van der Waals surface area (Å²) in [5.74, 6) is 1.08. The van der Waals surface area contributed by atoms with Crippen molar-refractivity contribution in [3.63, 3.8) is 0 Å². The van der Waals surface area contributed by atoms with Crippen LogP contribution in [0.5, 0.6) is 0 Å². The molecule has 0 aromatic heterocycles. The third-order valence-electron chi connectivity index (χ3n) is 2.85. The number of oxime groups is 1. The molecule has 13 heavy (non-hydrogen) atoms. The average Bonchev–Trinajstić information content (AvgIpc) is 2.41. The predicted molar refractivity (Wildman–Crippen MR) is 52.6 cm³/mol. The fourth-order valence-corrected chi connectivity index (χ4v) is 1.87. The maximum absolute atomic E-state index is 8.52. The number of likely N-dealkylation sites (tertiary alicyclic amines) is 1. The molecular weight excluding hydrogens is 166 g/mol. The Hall–Kier alpha value is -0.930. The molecule has 1 fully saturated rings. The highest BCUT2D eigenvalue weighted by Crippen LogP contribution is 2.19. The first-order chi connectivity index (χ1) is 6.27. The molecule has 4 heteroatoms. The lowest BCUT2D eigenvalue weighted by atomic mass is 9.98. The summed E-state index contributed by atoms with van der Waals surface area (Å²) in [4.78, 5) is 1.95. The predicted octanol–water partition coefficient (Wildman–Crippen LogP) is 1.20. The zero-order valence-electron chi connectivity index (χ0n) is 8.24. The van der Waals surface area contributed by atoms with E-state index in [1.807, 2.05) is 4.90 Å². The van der Waals surface area contributed by atoms with Gasteiger partial charge >= 0.3 is 0 Å². The molecule has 0 aliphatic carbocycles. The van der Waals surface area contributed by atoms with Gasteiger partial charge in [-0.15, -0.1) is 0 Å². The summed E-state index contributed by atoms with van der Waals surface area (Å²) in [5.41, 5.74) is 5.53. The van der Waals surface area contributed by atoms with E-state index < -0.39 is 0 Å². The van der Waals surface area contributed by atoms with Gasteiger partial charge in [-0.05, 0) is 25.2 Å². The minimum atomic E-state index is 0.261. The summed E-state index contributed by atoms with van der Waals surface area (Å²) in [5, 5.41) is 11.5. The summed E-state index contributed by atoms with van der Waals surface area (Å²) in [6.07, 6.45) is 4.82. The second-order valence-corrected chi connectivity index (χ2v) is 3.65.